The summed E-state index contributed by atoms with van der Waals surface area (Å²) < 4.78 is 5.21. The fraction of sp³-hybridized carbons (Fsp3) is 0.200. The fourth-order valence-electron chi connectivity index (χ4n) is 1.27. The van der Waals surface area contributed by atoms with Crippen LogP contribution < -0.4 is 16.6 Å². The molecule has 6 nitrogen and oxygen atoms in total. The van der Waals surface area contributed by atoms with Crippen molar-refractivity contribution in [3.05, 3.63) is 35.9 Å². The van der Waals surface area contributed by atoms with Gasteiger partial charge in [-0.2, -0.15) is 4.98 Å². The summed E-state index contributed by atoms with van der Waals surface area (Å²) in [4.78, 5) is 8.18. The zero-order chi connectivity index (χ0) is 11.4. The molecule has 2 aromatic heterocycles. The van der Waals surface area contributed by atoms with E-state index >= 15 is 0 Å². The number of anilines is 2. The Morgan fingerprint density at radius 3 is 3.06 bits per heavy atom. The highest BCUT2D eigenvalue weighted by atomic mass is 16.3. The minimum absolute atomic E-state index is 0.382. The number of hydrazine groups is 1. The number of aromatic nitrogens is 2. The predicted molar refractivity (Wildman–Crippen MR) is 60.6 cm³/mol. The average molecular weight is 219 g/mol. The van der Waals surface area contributed by atoms with Crippen LogP contribution in [0.25, 0.3) is 0 Å². The van der Waals surface area contributed by atoms with Gasteiger partial charge in [-0.05, 0) is 19.1 Å². The lowest BCUT2D eigenvalue weighted by Crippen LogP contribution is -2.12. The van der Waals surface area contributed by atoms with E-state index in [4.69, 9.17) is 10.3 Å². The number of nitrogens with zero attached hydrogens (tertiary/aromatic N) is 2. The molecule has 0 unspecified atom stereocenters. The van der Waals surface area contributed by atoms with E-state index in [1.165, 1.54) is 0 Å². The van der Waals surface area contributed by atoms with Gasteiger partial charge in [0.15, 0.2) is 0 Å². The Kier molecular flexibility index (Phi) is 3.02. The molecule has 0 fully saturated rings. The first-order chi connectivity index (χ1) is 7.79. The number of furan rings is 1. The maximum atomic E-state index is 5.24. The van der Waals surface area contributed by atoms with Crippen LogP contribution in [0.15, 0.2) is 29.0 Å². The highest BCUT2D eigenvalue weighted by molar-refractivity contribution is 5.46. The number of nitrogens with one attached hydrogen (secondary N) is 2. The smallest absolute Gasteiger partial charge is 0.239 e. The molecule has 0 atom stereocenters. The third-order valence-corrected chi connectivity index (χ3v) is 2.11. The van der Waals surface area contributed by atoms with E-state index in [-0.39, 0.29) is 0 Å². The van der Waals surface area contributed by atoms with Crippen molar-refractivity contribution in [1.82, 2.24) is 9.97 Å². The normalized spacial score (nSPS) is 10.1. The van der Waals surface area contributed by atoms with Crippen molar-refractivity contribution in [2.75, 3.05) is 10.7 Å². The molecule has 4 N–H and O–H groups in total. The molecule has 0 aliphatic carbocycles. The Balaban J connectivity index is 2.08. The lowest BCUT2D eigenvalue weighted by Gasteiger charge is -2.07. The van der Waals surface area contributed by atoms with Gasteiger partial charge in [-0.3, -0.25) is 5.43 Å². The Bertz CT molecular complexity index is 454. The van der Waals surface area contributed by atoms with Crippen molar-refractivity contribution < 1.29 is 4.42 Å². The molecule has 0 saturated carbocycles. The summed E-state index contributed by atoms with van der Waals surface area (Å²) in [6.07, 6.45) is 3.34. The Labute approximate surface area is 92.9 Å². The van der Waals surface area contributed by atoms with Gasteiger partial charge in [0, 0.05) is 11.8 Å². The van der Waals surface area contributed by atoms with Gasteiger partial charge in [-0.1, -0.05) is 0 Å². The first-order valence-corrected chi connectivity index (χ1v) is 4.86. The van der Waals surface area contributed by atoms with Crippen LogP contribution in [0.1, 0.15) is 11.3 Å². The number of hydrogen-bond donors (Lipinski definition) is 3. The van der Waals surface area contributed by atoms with Crippen molar-refractivity contribution in [1.29, 1.82) is 0 Å². The highest BCUT2D eigenvalue weighted by Gasteiger charge is 2.03. The second kappa shape index (κ2) is 4.63. The van der Waals surface area contributed by atoms with E-state index in [9.17, 15) is 0 Å². The standard InChI is InChI=1S/C10H13N5O/c1-7-5-13-10(15-11)14-9(7)12-6-8-3-2-4-16-8/h2-5H,6,11H2,1H3,(H2,12,13,14,15). The van der Waals surface area contributed by atoms with Crippen LogP contribution in [0.5, 0.6) is 0 Å². The second-order valence-corrected chi connectivity index (χ2v) is 3.30. The van der Waals surface area contributed by atoms with Gasteiger partial charge in [-0.25, -0.2) is 10.8 Å². The van der Waals surface area contributed by atoms with E-state index in [2.05, 4.69) is 20.7 Å². The van der Waals surface area contributed by atoms with Crippen molar-refractivity contribution in [2.45, 2.75) is 13.5 Å². The Hall–Kier alpha value is -2.08. The molecule has 84 valence electrons. The Morgan fingerprint density at radius 1 is 1.50 bits per heavy atom. The summed E-state index contributed by atoms with van der Waals surface area (Å²) in [5, 5.41) is 3.15. The van der Waals surface area contributed by atoms with Crippen LogP contribution in [0.2, 0.25) is 0 Å². The molecule has 2 rings (SSSR count). The summed E-state index contributed by atoms with van der Waals surface area (Å²) in [5.41, 5.74) is 3.35. The van der Waals surface area contributed by atoms with Crippen molar-refractivity contribution >= 4 is 11.8 Å². The summed E-state index contributed by atoms with van der Waals surface area (Å²) in [5.74, 6) is 7.20. The molecule has 0 radical (unpaired) electrons. The minimum atomic E-state index is 0.382. The van der Waals surface area contributed by atoms with Gasteiger partial charge in [-0.15, -0.1) is 0 Å². The second-order valence-electron chi connectivity index (χ2n) is 3.30. The molecule has 2 aromatic rings. The number of aryl methyl sites for hydroxylation is 1. The monoisotopic (exact) mass is 219 g/mol. The van der Waals surface area contributed by atoms with Crippen LogP contribution in [-0.4, -0.2) is 9.97 Å². The quantitative estimate of drug-likeness (QED) is 0.530. The predicted octanol–water partition coefficient (Wildman–Crippen LogP) is 1.28. The Morgan fingerprint density at radius 2 is 2.38 bits per heavy atom. The van der Waals surface area contributed by atoms with Crippen LogP contribution in [0, 0.1) is 6.92 Å². The number of nitrogen functional groups attached to an aromatic ring is 1. The van der Waals surface area contributed by atoms with Gasteiger partial charge in [0.05, 0.1) is 12.8 Å². The summed E-state index contributed by atoms with van der Waals surface area (Å²) in [6.45, 7) is 2.50. The molecule has 0 spiro atoms. The van der Waals surface area contributed by atoms with Gasteiger partial charge < -0.3 is 9.73 Å². The molecule has 2 heterocycles. The first-order valence-electron chi connectivity index (χ1n) is 4.86. The molecule has 0 bridgehead atoms. The van der Waals surface area contributed by atoms with Crippen LogP contribution in [-0.2, 0) is 6.54 Å². The van der Waals surface area contributed by atoms with Gasteiger partial charge in [0.2, 0.25) is 5.95 Å². The first kappa shape index (κ1) is 10.4. The molecule has 0 aliphatic heterocycles. The highest BCUT2D eigenvalue weighted by Crippen LogP contribution is 2.13. The topological polar surface area (TPSA) is 89.0 Å². The van der Waals surface area contributed by atoms with Crippen molar-refractivity contribution in [3.63, 3.8) is 0 Å². The molecular formula is C10H13N5O. The molecular weight excluding hydrogens is 206 g/mol. The van der Waals surface area contributed by atoms with Gasteiger partial charge >= 0.3 is 0 Å². The van der Waals surface area contributed by atoms with E-state index in [1.54, 1.807) is 12.5 Å². The number of rotatable bonds is 4. The third-order valence-electron chi connectivity index (χ3n) is 2.11. The maximum Gasteiger partial charge on any atom is 0.239 e. The van der Waals surface area contributed by atoms with Gasteiger partial charge in [0.25, 0.3) is 0 Å². The zero-order valence-corrected chi connectivity index (χ0v) is 8.90. The van der Waals surface area contributed by atoms with Crippen molar-refractivity contribution in [2.24, 2.45) is 5.84 Å². The van der Waals surface area contributed by atoms with E-state index in [0.717, 1.165) is 17.1 Å². The summed E-state index contributed by atoms with van der Waals surface area (Å²) >= 11 is 0. The van der Waals surface area contributed by atoms with E-state index in [1.807, 2.05) is 19.1 Å². The minimum Gasteiger partial charge on any atom is -0.467 e. The molecule has 0 saturated heterocycles. The molecule has 16 heavy (non-hydrogen) atoms. The molecule has 0 amide bonds. The van der Waals surface area contributed by atoms with Gasteiger partial charge in [0.1, 0.15) is 11.6 Å². The average Bonchev–Trinajstić information content (AvgIpc) is 2.81. The zero-order valence-electron chi connectivity index (χ0n) is 8.90. The van der Waals surface area contributed by atoms with Crippen LogP contribution in [0.4, 0.5) is 11.8 Å². The fourth-order valence-corrected chi connectivity index (χ4v) is 1.27. The lowest BCUT2D eigenvalue weighted by molar-refractivity contribution is 0.517. The molecule has 0 aliphatic rings. The number of nitrogens with two attached hydrogens (primary N) is 1. The maximum absolute atomic E-state index is 5.24. The molecule has 0 aromatic carbocycles. The summed E-state index contributed by atoms with van der Waals surface area (Å²) in [7, 11) is 0. The summed E-state index contributed by atoms with van der Waals surface area (Å²) in [6, 6.07) is 3.74. The van der Waals surface area contributed by atoms with Crippen LogP contribution >= 0.6 is 0 Å². The largest absolute Gasteiger partial charge is 0.467 e. The van der Waals surface area contributed by atoms with Crippen molar-refractivity contribution in [3.8, 4) is 0 Å². The lowest BCUT2D eigenvalue weighted by atomic mass is 10.3. The van der Waals surface area contributed by atoms with E-state index < -0.39 is 0 Å². The van der Waals surface area contributed by atoms with Crippen LogP contribution in [0.3, 0.4) is 0 Å². The number of hydrogen-bond acceptors (Lipinski definition) is 6. The SMILES string of the molecule is Cc1cnc(NN)nc1NCc1ccco1. The van der Waals surface area contributed by atoms with E-state index in [0.29, 0.717) is 12.5 Å². The molecule has 6 heteroatoms. The third kappa shape index (κ3) is 2.29.